The molecule has 0 radical (unpaired) electrons. The summed E-state index contributed by atoms with van der Waals surface area (Å²) in [6.45, 7) is 2.32. The van der Waals surface area contributed by atoms with Gasteiger partial charge in [0.2, 0.25) is 12.1 Å². The summed E-state index contributed by atoms with van der Waals surface area (Å²) < 4.78 is 10.9. The molecule has 16 nitrogen and oxygen atoms in total. The standard InChI is InChI=1S/C48H45Cl5N8O8/c1-26(62)41(60-58-35-13-7-11-32(39(35)52)45(64)56-43-28(19-22-49)9-5-15-37(43)68-3)47(66)54-31-17-18-34(30(25-31)21-24-51)55-48(67)42(27(2)63)61-59-36-14-8-12-33(40(36)53)46(65)57-44-29(20-23-50)10-6-16-38(44)69-4/h5-18,25,41-42H,19-24H2,1-4H3,(H,54,66)(H,55,67)(H,56,64)(H,57,65). The molecule has 0 aliphatic heterocycles. The molecular weight excluding hydrogens is 994 g/mol. The molecule has 0 aliphatic carbocycles. The lowest BCUT2D eigenvalue weighted by Crippen LogP contribution is -2.32. The molecule has 0 fully saturated rings. The number of aryl methyl sites for hydroxylation is 3. The van der Waals surface area contributed by atoms with Gasteiger partial charge in [0.15, 0.2) is 11.6 Å². The van der Waals surface area contributed by atoms with Crippen LogP contribution in [0.3, 0.4) is 0 Å². The summed E-state index contributed by atoms with van der Waals surface area (Å²) >= 11 is 31.3. The number of anilines is 4. The molecule has 4 N–H and O–H groups in total. The maximum atomic E-state index is 13.6. The van der Waals surface area contributed by atoms with Gasteiger partial charge < -0.3 is 30.7 Å². The molecule has 2 atom stereocenters. The number of Topliss-reactive ketones (excluding diaryl/α,β-unsaturated/α-hetero) is 2. The lowest BCUT2D eigenvalue weighted by Gasteiger charge is -2.16. The van der Waals surface area contributed by atoms with Crippen LogP contribution in [0.2, 0.25) is 10.0 Å². The second kappa shape index (κ2) is 25.8. The number of hydrogen-bond acceptors (Lipinski definition) is 12. The third kappa shape index (κ3) is 13.9. The minimum absolute atomic E-state index is 0.0112. The fourth-order valence-electron chi connectivity index (χ4n) is 6.69. The maximum absolute atomic E-state index is 13.6. The van der Waals surface area contributed by atoms with Gasteiger partial charge in [0, 0.05) is 29.0 Å². The molecule has 2 unspecified atom stereocenters. The first-order chi connectivity index (χ1) is 33.1. The van der Waals surface area contributed by atoms with Crippen molar-refractivity contribution >= 4 is 127 Å². The Morgan fingerprint density at radius 2 is 0.957 bits per heavy atom. The van der Waals surface area contributed by atoms with E-state index in [0.29, 0.717) is 53.0 Å². The number of nitrogens with one attached hydrogen (secondary N) is 4. The van der Waals surface area contributed by atoms with E-state index >= 15 is 0 Å². The molecule has 5 aromatic carbocycles. The van der Waals surface area contributed by atoms with Crippen LogP contribution in [0.15, 0.2) is 111 Å². The third-order valence-electron chi connectivity index (χ3n) is 10.1. The number of azo groups is 2. The Kier molecular flexibility index (Phi) is 20.0. The van der Waals surface area contributed by atoms with E-state index in [1.54, 1.807) is 36.4 Å². The van der Waals surface area contributed by atoms with Crippen molar-refractivity contribution in [2.75, 3.05) is 53.1 Å². The third-order valence-corrected chi connectivity index (χ3v) is 11.5. The number of methoxy groups -OCH3 is 2. The minimum atomic E-state index is -1.64. The Labute approximate surface area is 422 Å². The van der Waals surface area contributed by atoms with Gasteiger partial charge in [0.05, 0.1) is 46.8 Å². The molecular formula is C48H45Cl5N8O8. The Bertz CT molecular complexity index is 2810. The topological polar surface area (TPSA) is 218 Å². The molecule has 5 aromatic rings. The van der Waals surface area contributed by atoms with Crippen molar-refractivity contribution in [2.24, 2.45) is 20.5 Å². The van der Waals surface area contributed by atoms with Crippen molar-refractivity contribution in [2.45, 2.75) is 45.2 Å². The van der Waals surface area contributed by atoms with Crippen LogP contribution in [0.5, 0.6) is 11.5 Å². The number of carbonyl (C=O) groups excluding carboxylic acids is 6. The highest BCUT2D eigenvalue weighted by molar-refractivity contribution is 6.37. The zero-order valence-electron chi connectivity index (χ0n) is 37.5. The van der Waals surface area contributed by atoms with E-state index in [1.165, 1.54) is 68.8 Å². The fourth-order valence-corrected chi connectivity index (χ4v) is 7.80. The second-order valence-electron chi connectivity index (χ2n) is 14.8. The number of nitrogens with zero attached hydrogens (tertiary/aromatic N) is 4. The lowest BCUT2D eigenvalue weighted by atomic mass is 10.1. The number of carbonyl (C=O) groups is 6. The molecule has 360 valence electrons. The summed E-state index contributed by atoms with van der Waals surface area (Å²) in [6.07, 6.45) is 1.11. The molecule has 0 saturated heterocycles. The van der Waals surface area contributed by atoms with Gasteiger partial charge in [-0.1, -0.05) is 59.6 Å². The molecule has 0 bridgehead atoms. The summed E-state index contributed by atoms with van der Waals surface area (Å²) in [4.78, 5) is 79.5. The van der Waals surface area contributed by atoms with Gasteiger partial charge in [-0.25, -0.2) is 0 Å². The first kappa shape index (κ1) is 53.5. The Morgan fingerprint density at radius 1 is 0.536 bits per heavy atom. The minimum Gasteiger partial charge on any atom is -0.495 e. The van der Waals surface area contributed by atoms with E-state index in [2.05, 4.69) is 41.7 Å². The van der Waals surface area contributed by atoms with Crippen molar-refractivity contribution in [1.29, 1.82) is 0 Å². The first-order valence-electron chi connectivity index (χ1n) is 20.9. The quantitative estimate of drug-likeness (QED) is 0.0296. The van der Waals surface area contributed by atoms with E-state index < -0.39 is 47.3 Å². The number of para-hydroxylation sites is 2. The van der Waals surface area contributed by atoms with E-state index in [0.717, 1.165) is 25.0 Å². The van der Waals surface area contributed by atoms with E-state index in [-0.39, 0.29) is 56.2 Å². The van der Waals surface area contributed by atoms with Crippen molar-refractivity contribution in [3.63, 3.8) is 0 Å². The number of ether oxygens (including phenoxy) is 2. The molecule has 5 rings (SSSR count). The predicted octanol–water partition coefficient (Wildman–Crippen LogP) is 11.2. The van der Waals surface area contributed by atoms with E-state index in [9.17, 15) is 28.8 Å². The molecule has 0 aromatic heterocycles. The largest absolute Gasteiger partial charge is 0.495 e. The molecule has 4 amide bonds. The van der Waals surface area contributed by atoms with E-state index in [1.807, 2.05) is 0 Å². The van der Waals surface area contributed by atoms with Crippen LogP contribution < -0.4 is 30.7 Å². The van der Waals surface area contributed by atoms with Crippen LogP contribution in [-0.2, 0) is 38.4 Å². The van der Waals surface area contributed by atoms with Gasteiger partial charge in [-0.15, -0.1) is 34.8 Å². The lowest BCUT2D eigenvalue weighted by molar-refractivity contribution is -0.127. The molecule has 0 saturated carbocycles. The highest BCUT2D eigenvalue weighted by atomic mass is 35.5. The van der Waals surface area contributed by atoms with Gasteiger partial charge >= 0.3 is 0 Å². The monoisotopic (exact) mass is 1040 g/mol. The summed E-state index contributed by atoms with van der Waals surface area (Å²) in [5.41, 5.74) is 3.33. The highest BCUT2D eigenvalue weighted by Crippen LogP contribution is 2.35. The SMILES string of the molecule is COc1cccc(CCCl)c1NC(=O)c1cccc(N=NC(C(C)=O)C(=O)Nc2ccc(NC(=O)C(N=Nc3cccc(C(=O)Nc4c(CCCl)cccc4OC)c3Cl)C(C)=O)c(CCCl)c2)c1Cl. The molecule has 69 heavy (non-hydrogen) atoms. The maximum Gasteiger partial charge on any atom is 0.258 e. The van der Waals surface area contributed by atoms with Crippen molar-refractivity contribution in [3.05, 3.63) is 129 Å². The number of halogens is 5. The second-order valence-corrected chi connectivity index (χ2v) is 16.7. The number of amides is 4. The Morgan fingerprint density at radius 3 is 1.38 bits per heavy atom. The zero-order chi connectivity index (χ0) is 50.2. The molecule has 21 heteroatoms. The van der Waals surface area contributed by atoms with Gasteiger partial charge in [0.1, 0.15) is 22.9 Å². The van der Waals surface area contributed by atoms with Crippen LogP contribution in [-0.4, -0.2) is 79.1 Å². The number of hydrogen-bond donors (Lipinski definition) is 4. The van der Waals surface area contributed by atoms with Crippen LogP contribution in [0.25, 0.3) is 0 Å². The van der Waals surface area contributed by atoms with Gasteiger partial charge in [-0.2, -0.15) is 20.5 Å². The molecule has 0 aliphatic rings. The number of rotatable bonds is 22. The summed E-state index contributed by atoms with van der Waals surface area (Å²) in [7, 11) is 2.94. The van der Waals surface area contributed by atoms with Crippen LogP contribution in [0, 0.1) is 0 Å². The Hall–Kier alpha value is -6.43. The highest BCUT2D eigenvalue weighted by Gasteiger charge is 2.27. The number of ketones is 2. The van der Waals surface area contributed by atoms with Crippen LogP contribution >= 0.6 is 58.0 Å². The van der Waals surface area contributed by atoms with Gasteiger partial charge in [-0.3, -0.25) is 28.8 Å². The Balaban J connectivity index is 1.30. The summed E-state index contributed by atoms with van der Waals surface area (Å²) in [5, 5.41) is 26.9. The normalized spacial score (nSPS) is 12.0. The number of benzene rings is 5. The van der Waals surface area contributed by atoms with Crippen LogP contribution in [0.4, 0.5) is 34.1 Å². The summed E-state index contributed by atoms with van der Waals surface area (Å²) in [6, 6.07) is 20.6. The van der Waals surface area contributed by atoms with Crippen molar-refractivity contribution in [3.8, 4) is 11.5 Å². The number of alkyl halides is 3. The van der Waals surface area contributed by atoms with Crippen molar-refractivity contribution < 1.29 is 38.2 Å². The van der Waals surface area contributed by atoms with Gasteiger partial charge in [0.25, 0.3) is 23.6 Å². The molecule has 0 heterocycles. The smallest absolute Gasteiger partial charge is 0.258 e. The van der Waals surface area contributed by atoms with Crippen LogP contribution in [0.1, 0.15) is 51.3 Å². The summed E-state index contributed by atoms with van der Waals surface area (Å²) in [5.74, 6) is -2.62. The fraction of sp³-hybridized carbons (Fsp3) is 0.250. The predicted molar refractivity (Wildman–Crippen MR) is 270 cm³/mol. The molecule has 0 spiro atoms. The average Bonchev–Trinajstić information content (AvgIpc) is 3.31. The zero-order valence-corrected chi connectivity index (χ0v) is 41.3. The first-order valence-corrected chi connectivity index (χ1v) is 23.3. The van der Waals surface area contributed by atoms with E-state index in [4.69, 9.17) is 67.5 Å². The average molecular weight is 1040 g/mol. The van der Waals surface area contributed by atoms with Gasteiger partial charge in [-0.05, 0) is 104 Å². The van der Waals surface area contributed by atoms with Crippen molar-refractivity contribution in [1.82, 2.24) is 0 Å².